The van der Waals surface area contributed by atoms with Crippen LogP contribution in [0.1, 0.15) is 5.56 Å². The summed E-state index contributed by atoms with van der Waals surface area (Å²) in [6.45, 7) is 0. The molecule has 0 N–H and O–H groups in total. The maximum absolute atomic E-state index is 9.20. The van der Waals surface area contributed by atoms with E-state index in [9.17, 15) is 5.26 Å². The molecule has 0 aliphatic carbocycles. The minimum absolute atomic E-state index is 0.546. The van der Waals surface area contributed by atoms with Crippen LogP contribution in [0.5, 0.6) is 0 Å². The number of hydrogen-bond acceptors (Lipinski definition) is 3. The number of rotatable bonds is 2. The molecule has 0 spiro atoms. The van der Waals surface area contributed by atoms with E-state index in [1.807, 2.05) is 30.3 Å². The Bertz CT molecular complexity index is 1920. The third kappa shape index (κ3) is 2.55. The van der Waals surface area contributed by atoms with Crippen LogP contribution < -0.4 is 0 Å². The summed E-state index contributed by atoms with van der Waals surface area (Å²) in [5, 5.41) is 13.8. The van der Waals surface area contributed by atoms with Gasteiger partial charge in [0.25, 0.3) is 0 Å². The second-order valence-corrected chi connectivity index (χ2v) is 8.35. The van der Waals surface area contributed by atoms with E-state index in [-0.39, 0.29) is 0 Å². The summed E-state index contributed by atoms with van der Waals surface area (Å²) < 4.78 is 8.56. The van der Waals surface area contributed by atoms with E-state index in [4.69, 9.17) is 4.42 Å². The lowest BCUT2D eigenvalue weighted by atomic mass is 10.1. The molecular formula is C30H17N3O. The molecule has 0 saturated carbocycles. The van der Waals surface area contributed by atoms with E-state index in [0.29, 0.717) is 5.56 Å². The van der Waals surface area contributed by atoms with Crippen molar-refractivity contribution in [1.29, 1.82) is 5.26 Å². The Hall–Kier alpha value is -4.88. The second kappa shape index (κ2) is 7.06. The van der Waals surface area contributed by atoms with Gasteiger partial charge in [0.2, 0.25) is 0 Å². The molecule has 4 nitrogen and oxygen atoms in total. The van der Waals surface area contributed by atoms with E-state index in [1.165, 1.54) is 10.8 Å². The molecule has 0 fully saturated rings. The summed E-state index contributed by atoms with van der Waals surface area (Å²) in [6.07, 6.45) is 1.62. The van der Waals surface area contributed by atoms with Crippen molar-refractivity contribution in [2.45, 2.75) is 0 Å². The Morgan fingerprint density at radius 3 is 2.35 bits per heavy atom. The van der Waals surface area contributed by atoms with Gasteiger partial charge >= 0.3 is 0 Å². The quantitative estimate of drug-likeness (QED) is 0.281. The van der Waals surface area contributed by atoms with Gasteiger partial charge in [-0.2, -0.15) is 5.26 Å². The van der Waals surface area contributed by atoms with Gasteiger partial charge in [0.1, 0.15) is 17.2 Å². The Kier molecular flexibility index (Phi) is 3.88. The maximum atomic E-state index is 9.20. The van der Waals surface area contributed by atoms with Crippen molar-refractivity contribution in [2.24, 2.45) is 0 Å². The van der Waals surface area contributed by atoms with Crippen molar-refractivity contribution in [3.05, 3.63) is 109 Å². The monoisotopic (exact) mass is 435 g/mol. The number of fused-ring (bicyclic) bond motifs is 7. The van der Waals surface area contributed by atoms with Gasteiger partial charge in [-0.25, -0.2) is 0 Å². The Morgan fingerprint density at radius 2 is 1.50 bits per heavy atom. The molecule has 7 rings (SSSR count). The summed E-state index contributed by atoms with van der Waals surface area (Å²) in [5.41, 5.74) is 7.38. The van der Waals surface area contributed by atoms with Gasteiger partial charge in [0, 0.05) is 27.9 Å². The first kappa shape index (κ1) is 18.7. The van der Waals surface area contributed by atoms with Crippen molar-refractivity contribution >= 4 is 43.7 Å². The summed E-state index contributed by atoms with van der Waals surface area (Å²) in [7, 11) is 0. The van der Waals surface area contributed by atoms with Gasteiger partial charge in [-0.05, 0) is 42.5 Å². The second-order valence-electron chi connectivity index (χ2n) is 8.35. The molecule has 3 aromatic heterocycles. The van der Waals surface area contributed by atoms with E-state index in [0.717, 1.165) is 49.9 Å². The van der Waals surface area contributed by atoms with Gasteiger partial charge in [-0.3, -0.25) is 4.98 Å². The molecule has 0 bridgehead atoms. The summed E-state index contributed by atoms with van der Waals surface area (Å²) in [4.78, 5) is 4.60. The van der Waals surface area contributed by atoms with Gasteiger partial charge in [0.05, 0.1) is 33.4 Å². The van der Waals surface area contributed by atoms with Crippen molar-refractivity contribution in [3.8, 4) is 23.0 Å². The topological polar surface area (TPSA) is 54.8 Å². The van der Waals surface area contributed by atoms with Crippen LogP contribution in [0.3, 0.4) is 0 Å². The standard InChI is InChI=1S/C30H17N3O/c31-17-19-13-15-24(32-18-19)22-8-2-5-11-26(22)33-25-10-4-1-7-20(25)21-14-16-28-29(30(21)33)23-9-3-6-12-27(23)34-28/h1-16,18H. The number of furan rings is 1. The fraction of sp³-hybridized carbons (Fsp3) is 0. The average Bonchev–Trinajstić information content (AvgIpc) is 3.44. The molecule has 0 amide bonds. The summed E-state index contributed by atoms with van der Waals surface area (Å²) >= 11 is 0. The number of hydrogen-bond donors (Lipinski definition) is 0. The third-order valence-corrected chi connectivity index (χ3v) is 6.49. The molecule has 34 heavy (non-hydrogen) atoms. The Morgan fingerprint density at radius 1 is 0.706 bits per heavy atom. The third-order valence-electron chi connectivity index (χ3n) is 6.49. The van der Waals surface area contributed by atoms with Gasteiger partial charge in [-0.1, -0.05) is 54.6 Å². The highest BCUT2D eigenvalue weighted by Gasteiger charge is 2.20. The number of nitrogens with zero attached hydrogens (tertiary/aromatic N) is 3. The first-order valence-electron chi connectivity index (χ1n) is 11.1. The fourth-order valence-electron chi connectivity index (χ4n) is 5.02. The highest BCUT2D eigenvalue weighted by molar-refractivity contribution is 6.24. The van der Waals surface area contributed by atoms with E-state index >= 15 is 0 Å². The van der Waals surface area contributed by atoms with Crippen molar-refractivity contribution < 1.29 is 4.42 Å². The van der Waals surface area contributed by atoms with Crippen LogP contribution in [0.2, 0.25) is 0 Å². The molecule has 0 saturated heterocycles. The molecule has 0 unspecified atom stereocenters. The molecule has 0 atom stereocenters. The van der Waals surface area contributed by atoms with Crippen molar-refractivity contribution in [1.82, 2.24) is 9.55 Å². The van der Waals surface area contributed by atoms with Crippen molar-refractivity contribution in [3.63, 3.8) is 0 Å². The molecular weight excluding hydrogens is 418 g/mol. The lowest BCUT2D eigenvalue weighted by Crippen LogP contribution is -1.98. The summed E-state index contributed by atoms with van der Waals surface area (Å²) in [6, 6.07) is 35.1. The van der Waals surface area contributed by atoms with Crippen LogP contribution in [0, 0.1) is 11.3 Å². The van der Waals surface area contributed by atoms with E-state index < -0.39 is 0 Å². The van der Waals surface area contributed by atoms with Crippen LogP contribution in [0.25, 0.3) is 60.7 Å². The van der Waals surface area contributed by atoms with Gasteiger partial charge in [-0.15, -0.1) is 0 Å². The number of para-hydroxylation sites is 3. The maximum Gasteiger partial charge on any atom is 0.137 e. The molecule has 4 heteroatoms. The predicted molar refractivity (Wildman–Crippen MR) is 136 cm³/mol. The van der Waals surface area contributed by atoms with Crippen LogP contribution in [-0.4, -0.2) is 9.55 Å². The van der Waals surface area contributed by atoms with Crippen LogP contribution in [0.4, 0.5) is 0 Å². The van der Waals surface area contributed by atoms with Gasteiger partial charge < -0.3 is 8.98 Å². The molecule has 0 aliphatic heterocycles. The van der Waals surface area contributed by atoms with Crippen LogP contribution in [0.15, 0.2) is 108 Å². The normalized spacial score (nSPS) is 11.5. The first-order valence-corrected chi connectivity index (χ1v) is 11.1. The Balaban J connectivity index is 1.67. The molecule has 158 valence electrons. The zero-order chi connectivity index (χ0) is 22.6. The predicted octanol–water partition coefficient (Wildman–Crippen LogP) is 7.62. The minimum atomic E-state index is 0.546. The highest BCUT2D eigenvalue weighted by atomic mass is 16.3. The first-order chi connectivity index (χ1) is 16.8. The number of pyridine rings is 1. The molecule has 7 aromatic rings. The SMILES string of the molecule is N#Cc1ccc(-c2ccccc2-n2c3ccccc3c3ccc4oc5ccccc5c4c32)nc1. The zero-order valence-corrected chi connectivity index (χ0v) is 18.1. The van der Waals surface area contributed by atoms with Crippen LogP contribution >= 0.6 is 0 Å². The average molecular weight is 435 g/mol. The highest BCUT2D eigenvalue weighted by Crippen LogP contribution is 2.42. The minimum Gasteiger partial charge on any atom is -0.456 e. The molecule has 4 aromatic carbocycles. The van der Waals surface area contributed by atoms with E-state index in [2.05, 4.69) is 82.4 Å². The molecule has 3 heterocycles. The summed E-state index contributed by atoms with van der Waals surface area (Å²) in [5.74, 6) is 0. The largest absolute Gasteiger partial charge is 0.456 e. The van der Waals surface area contributed by atoms with Gasteiger partial charge in [0.15, 0.2) is 0 Å². The molecule has 0 radical (unpaired) electrons. The zero-order valence-electron chi connectivity index (χ0n) is 18.1. The van der Waals surface area contributed by atoms with Crippen molar-refractivity contribution in [2.75, 3.05) is 0 Å². The van der Waals surface area contributed by atoms with E-state index in [1.54, 1.807) is 6.20 Å². The Labute approximate surface area is 194 Å². The smallest absolute Gasteiger partial charge is 0.137 e. The fourth-order valence-corrected chi connectivity index (χ4v) is 5.02. The number of nitriles is 1. The molecule has 0 aliphatic rings. The lowest BCUT2D eigenvalue weighted by molar-refractivity contribution is 0.669. The number of benzene rings is 4. The lowest BCUT2D eigenvalue weighted by Gasteiger charge is -2.14. The number of aromatic nitrogens is 2. The van der Waals surface area contributed by atoms with Crippen LogP contribution in [-0.2, 0) is 0 Å².